The second kappa shape index (κ2) is 10.8. The molecule has 8 heteroatoms. The van der Waals surface area contributed by atoms with E-state index in [1.54, 1.807) is 25.3 Å². The van der Waals surface area contributed by atoms with Crippen LogP contribution in [-0.2, 0) is 6.54 Å². The van der Waals surface area contributed by atoms with Gasteiger partial charge in [-0.3, -0.25) is 9.89 Å². The van der Waals surface area contributed by atoms with Crippen LogP contribution in [0.5, 0.6) is 5.75 Å². The third-order valence-corrected chi connectivity index (χ3v) is 6.65. The Labute approximate surface area is 210 Å². The molecule has 186 valence electrons. The lowest BCUT2D eigenvalue weighted by molar-refractivity contribution is 0.296. The van der Waals surface area contributed by atoms with E-state index in [0.717, 1.165) is 52.1 Å². The summed E-state index contributed by atoms with van der Waals surface area (Å²) in [5, 5.41) is 30.0. The van der Waals surface area contributed by atoms with E-state index in [1.807, 2.05) is 59.4 Å². The van der Waals surface area contributed by atoms with Crippen LogP contribution >= 0.6 is 0 Å². The van der Waals surface area contributed by atoms with Crippen LogP contribution in [0.2, 0.25) is 0 Å². The van der Waals surface area contributed by atoms with Crippen LogP contribution in [0.15, 0.2) is 60.8 Å². The van der Waals surface area contributed by atoms with Crippen molar-refractivity contribution in [3.8, 4) is 5.75 Å². The number of nitrogens with one attached hydrogen (secondary N) is 1. The summed E-state index contributed by atoms with van der Waals surface area (Å²) in [5.41, 5.74) is 3.85. The van der Waals surface area contributed by atoms with E-state index < -0.39 is 0 Å². The van der Waals surface area contributed by atoms with Gasteiger partial charge >= 0.3 is 0 Å². The number of pyridine rings is 1. The SMILES string of the molecule is COc1ccc(Cn2nc(/C=C/c3cccc(N([O-])O)c3)c3c(NC4CCCCC4)nccc32)cc1. The first kappa shape index (κ1) is 23.8. The average Bonchev–Trinajstić information content (AvgIpc) is 3.27. The van der Waals surface area contributed by atoms with E-state index in [4.69, 9.17) is 14.8 Å². The van der Waals surface area contributed by atoms with Gasteiger partial charge in [0.15, 0.2) is 0 Å². The molecule has 0 aliphatic heterocycles. The maximum absolute atomic E-state index is 11.3. The summed E-state index contributed by atoms with van der Waals surface area (Å²) < 4.78 is 7.29. The number of hydrogen-bond donors (Lipinski definition) is 2. The maximum Gasteiger partial charge on any atom is 0.137 e. The van der Waals surface area contributed by atoms with Crippen molar-refractivity contribution < 1.29 is 9.94 Å². The van der Waals surface area contributed by atoms with E-state index in [9.17, 15) is 10.4 Å². The Morgan fingerprint density at radius 3 is 2.67 bits per heavy atom. The first-order valence-corrected chi connectivity index (χ1v) is 12.3. The zero-order valence-corrected chi connectivity index (χ0v) is 20.3. The summed E-state index contributed by atoms with van der Waals surface area (Å²) in [4.78, 5) is 4.70. The zero-order chi connectivity index (χ0) is 24.9. The van der Waals surface area contributed by atoms with Crippen molar-refractivity contribution in [1.82, 2.24) is 14.8 Å². The molecular formula is C28H30N5O3-. The normalized spacial score (nSPS) is 14.4. The molecule has 0 unspecified atom stereocenters. The van der Waals surface area contributed by atoms with Crippen molar-refractivity contribution in [2.75, 3.05) is 17.7 Å². The molecule has 2 aromatic carbocycles. The van der Waals surface area contributed by atoms with Gasteiger partial charge in [-0.2, -0.15) is 5.10 Å². The molecule has 2 aromatic heterocycles. The summed E-state index contributed by atoms with van der Waals surface area (Å²) in [5.74, 6) is 1.66. The highest BCUT2D eigenvalue weighted by atomic mass is 16.8. The van der Waals surface area contributed by atoms with Gasteiger partial charge in [0.1, 0.15) is 11.6 Å². The van der Waals surface area contributed by atoms with Gasteiger partial charge in [-0.05, 0) is 60.4 Å². The number of nitrogens with zero attached hydrogens (tertiary/aromatic N) is 4. The molecule has 2 heterocycles. The van der Waals surface area contributed by atoms with Crippen molar-refractivity contribution >= 4 is 34.6 Å². The fraction of sp³-hybridized carbons (Fsp3) is 0.286. The molecule has 0 bridgehead atoms. The van der Waals surface area contributed by atoms with Crippen molar-refractivity contribution in [2.24, 2.45) is 0 Å². The number of ether oxygens (including phenoxy) is 1. The van der Waals surface area contributed by atoms with Gasteiger partial charge in [0, 0.05) is 12.2 Å². The molecule has 1 aliphatic rings. The van der Waals surface area contributed by atoms with Gasteiger partial charge in [0.25, 0.3) is 0 Å². The molecule has 5 rings (SSSR count). The highest BCUT2D eigenvalue weighted by Gasteiger charge is 2.19. The van der Waals surface area contributed by atoms with Crippen LogP contribution in [0.25, 0.3) is 23.1 Å². The molecular weight excluding hydrogens is 454 g/mol. The molecule has 4 aromatic rings. The average molecular weight is 485 g/mol. The molecule has 0 spiro atoms. The molecule has 1 aliphatic carbocycles. The van der Waals surface area contributed by atoms with Gasteiger partial charge < -0.3 is 20.5 Å². The molecule has 36 heavy (non-hydrogen) atoms. The van der Waals surface area contributed by atoms with Gasteiger partial charge in [-0.15, -0.1) is 0 Å². The highest BCUT2D eigenvalue weighted by molar-refractivity contribution is 5.97. The molecule has 0 radical (unpaired) electrons. The minimum Gasteiger partial charge on any atom is -0.733 e. The summed E-state index contributed by atoms with van der Waals surface area (Å²) >= 11 is 0. The monoisotopic (exact) mass is 484 g/mol. The first-order chi connectivity index (χ1) is 17.6. The summed E-state index contributed by atoms with van der Waals surface area (Å²) in [6.45, 7) is 0.604. The maximum atomic E-state index is 11.3. The zero-order valence-electron chi connectivity index (χ0n) is 20.3. The largest absolute Gasteiger partial charge is 0.733 e. The number of fused-ring (bicyclic) bond motifs is 1. The number of methoxy groups -OCH3 is 1. The number of anilines is 2. The van der Waals surface area contributed by atoms with Gasteiger partial charge in [0.2, 0.25) is 0 Å². The second-order valence-electron chi connectivity index (χ2n) is 9.13. The van der Waals surface area contributed by atoms with E-state index in [2.05, 4.69) is 5.32 Å². The third-order valence-electron chi connectivity index (χ3n) is 6.65. The lowest BCUT2D eigenvalue weighted by atomic mass is 9.95. The number of hydrogen-bond acceptors (Lipinski definition) is 7. The lowest BCUT2D eigenvalue weighted by Gasteiger charge is -2.23. The van der Waals surface area contributed by atoms with Gasteiger partial charge in [-0.1, -0.05) is 49.6 Å². The van der Waals surface area contributed by atoms with Crippen molar-refractivity contribution in [3.63, 3.8) is 0 Å². The third kappa shape index (κ3) is 5.35. The second-order valence-corrected chi connectivity index (χ2v) is 9.13. The molecule has 0 atom stereocenters. The Kier molecular flexibility index (Phi) is 7.16. The number of benzene rings is 2. The fourth-order valence-electron chi connectivity index (χ4n) is 4.77. The minimum atomic E-state index is -0.133. The highest BCUT2D eigenvalue weighted by Crippen LogP contribution is 2.30. The summed E-state index contributed by atoms with van der Waals surface area (Å²) in [6, 6.07) is 17.2. The number of aromatic nitrogens is 3. The standard InChI is InChI=1S/C28H30N5O3/c1-36-24-13-10-21(11-14-24)19-32-26-16-17-29-28(30-22-7-3-2-4-8-22)27(26)25(31-32)15-12-20-6-5-9-23(18-20)33(34)35/h5-6,9-18,22,34H,2-4,7-8,19H2,1H3,(H,29,30)/q-1/b15-12+. The van der Waals surface area contributed by atoms with Crippen molar-refractivity contribution in [3.05, 3.63) is 82.8 Å². The quantitative estimate of drug-likeness (QED) is 0.292. The Morgan fingerprint density at radius 1 is 1.11 bits per heavy atom. The Bertz CT molecular complexity index is 1340. The smallest absolute Gasteiger partial charge is 0.137 e. The molecule has 8 nitrogen and oxygen atoms in total. The lowest BCUT2D eigenvalue weighted by Crippen LogP contribution is -2.22. The Balaban J connectivity index is 1.53. The fourth-order valence-corrected chi connectivity index (χ4v) is 4.77. The van der Waals surface area contributed by atoms with Crippen LogP contribution in [0.1, 0.15) is 48.9 Å². The van der Waals surface area contributed by atoms with E-state index in [1.165, 1.54) is 19.3 Å². The Hall–Kier alpha value is -3.88. The van der Waals surface area contributed by atoms with Crippen molar-refractivity contribution in [2.45, 2.75) is 44.7 Å². The summed E-state index contributed by atoms with van der Waals surface area (Å²) in [7, 11) is 1.66. The predicted molar refractivity (Wildman–Crippen MR) is 143 cm³/mol. The number of rotatable bonds is 8. The first-order valence-electron chi connectivity index (χ1n) is 12.3. The molecule has 1 saturated carbocycles. The van der Waals surface area contributed by atoms with Crippen molar-refractivity contribution in [1.29, 1.82) is 0 Å². The van der Waals surface area contributed by atoms with Crippen LogP contribution in [0.4, 0.5) is 11.5 Å². The molecule has 0 amide bonds. The topological polar surface area (TPSA) is 98.5 Å². The van der Waals surface area contributed by atoms with E-state index >= 15 is 0 Å². The summed E-state index contributed by atoms with van der Waals surface area (Å²) in [6.07, 6.45) is 11.7. The van der Waals surface area contributed by atoms with Crippen LogP contribution in [0, 0.1) is 5.21 Å². The van der Waals surface area contributed by atoms with Gasteiger partial charge in [0.05, 0.1) is 35.9 Å². The van der Waals surface area contributed by atoms with E-state index in [0.29, 0.717) is 12.6 Å². The van der Waals surface area contributed by atoms with Gasteiger partial charge in [-0.25, -0.2) is 4.98 Å². The van der Waals surface area contributed by atoms with Crippen LogP contribution in [-0.4, -0.2) is 33.1 Å². The van der Waals surface area contributed by atoms with Crippen LogP contribution in [0.3, 0.4) is 0 Å². The van der Waals surface area contributed by atoms with Crippen LogP contribution < -0.4 is 15.3 Å². The molecule has 1 fully saturated rings. The molecule has 2 N–H and O–H groups in total. The molecule has 0 saturated heterocycles. The Morgan fingerprint density at radius 2 is 1.92 bits per heavy atom. The minimum absolute atomic E-state index is 0.133. The predicted octanol–water partition coefficient (Wildman–Crippen LogP) is 6.10. The van der Waals surface area contributed by atoms with E-state index in [-0.39, 0.29) is 10.9 Å².